The summed E-state index contributed by atoms with van der Waals surface area (Å²) < 4.78 is 23.6. The van der Waals surface area contributed by atoms with Gasteiger partial charge in [-0.15, -0.1) is 0 Å². The molecule has 1 aliphatic heterocycles. The van der Waals surface area contributed by atoms with Gasteiger partial charge >= 0.3 is 7.12 Å². The molecule has 1 aliphatic rings. The van der Waals surface area contributed by atoms with E-state index in [0.29, 0.717) is 18.6 Å². The second-order valence-corrected chi connectivity index (χ2v) is 9.50. The molecule has 2 aromatic rings. The van der Waals surface area contributed by atoms with Crippen LogP contribution < -0.4 is 15.8 Å². The predicted octanol–water partition coefficient (Wildman–Crippen LogP) is 2.50. The van der Waals surface area contributed by atoms with Crippen LogP contribution in [0.15, 0.2) is 48.7 Å². The fraction of sp³-hybridized carbons (Fsp3) is 0.480. The Morgan fingerprint density at radius 1 is 1.09 bits per heavy atom. The van der Waals surface area contributed by atoms with Gasteiger partial charge in [0.25, 0.3) is 5.91 Å². The number of aromatic nitrogens is 1. The normalized spacial score (nSPS) is 18.0. The minimum Gasteiger partial charge on any atom is -0.494 e. The smallest absolute Gasteiger partial charge is 0.481 e. The summed E-state index contributed by atoms with van der Waals surface area (Å²) in [6, 6.07) is 12.7. The van der Waals surface area contributed by atoms with Gasteiger partial charge in [0.2, 0.25) is 5.91 Å². The first-order chi connectivity index (χ1) is 16.6. The summed E-state index contributed by atoms with van der Waals surface area (Å²) in [6.45, 7) is 8.18. The molecule has 1 fully saturated rings. The van der Waals surface area contributed by atoms with Crippen LogP contribution >= 0.6 is 0 Å². The number of benzene rings is 1. The molecule has 188 valence electrons. The van der Waals surface area contributed by atoms with Crippen molar-refractivity contribution in [1.29, 1.82) is 0 Å². The van der Waals surface area contributed by atoms with E-state index in [1.807, 2.05) is 58.0 Å². The monoisotopic (exact) mass is 483 g/mol. The number of rotatable bonds is 11. The molecule has 3 N–H and O–H groups in total. The van der Waals surface area contributed by atoms with Crippen LogP contribution in [0.1, 0.15) is 56.1 Å². The van der Waals surface area contributed by atoms with Crippen molar-refractivity contribution in [1.82, 2.24) is 10.3 Å². The fourth-order valence-electron chi connectivity index (χ4n) is 3.81. The summed E-state index contributed by atoms with van der Waals surface area (Å²) in [5.74, 6) is -1.68. The van der Waals surface area contributed by atoms with E-state index in [4.69, 9.17) is 24.5 Å². The van der Waals surface area contributed by atoms with Crippen LogP contribution in [0.25, 0.3) is 0 Å². The molecule has 10 heteroatoms. The van der Waals surface area contributed by atoms with Crippen molar-refractivity contribution >= 4 is 18.9 Å². The molecule has 0 radical (unpaired) electrons. The molecule has 2 amide bonds. The van der Waals surface area contributed by atoms with Crippen molar-refractivity contribution in [3.63, 3.8) is 0 Å². The first-order valence-electron chi connectivity index (χ1n) is 11.6. The van der Waals surface area contributed by atoms with Crippen LogP contribution in [0, 0.1) is 0 Å². The van der Waals surface area contributed by atoms with E-state index in [0.717, 1.165) is 5.75 Å². The molecule has 1 aromatic carbocycles. The zero-order valence-corrected chi connectivity index (χ0v) is 20.9. The fourth-order valence-corrected chi connectivity index (χ4v) is 3.81. The van der Waals surface area contributed by atoms with Crippen molar-refractivity contribution in [2.45, 2.75) is 57.2 Å². The Morgan fingerprint density at radius 2 is 1.74 bits per heavy atom. The second-order valence-electron chi connectivity index (χ2n) is 9.50. The number of amides is 2. The maximum absolute atomic E-state index is 13.5. The van der Waals surface area contributed by atoms with Gasteiger partial charge in [-0.2, -0.15) is 0 Å². The molecule has 2 atom stereocenters. The van der Waals surface area contributed by atoms with Crippen molar-refractivity contribution < 1.29 is 28.4 Å². The maximum Gasteiger partial charge on any atom is 0.481 e. The van der Waals surface area contributed by atoms with Gasteiger partial charge in [-0.25, -0.2) is 0 Å². The molecular formula is C25H34BN3O6. The molecule has 0 aliphatic carbocycles. The van der Waals surface area contributed by atoms with Crippen LogP contribution in [-0.4, -0.2) is 61.4 Å². The highest BCUT2D eigenvalue weighted by atomic mass is 16.7. The minimum atomic E-state index is -0.809. The number of primary amides is 1. The number of carbonyl (C=O) groups is 2. The van der Waals surface area contributed by atoms with Gasteiger partial charge in [-0.1, -0.05) is 24.3 Å². The number of nitrogens with zero attached hydrogens (tertiary/aromatic N) is 1. The quantitative estimate of drug-likeness (QED) is 0.471. The van der Waals surface area contributed by atoms with E-state index in [2.05, 4.69) is 10.3 Å². The molecule has 35 heavy (non-hydrogen) atoms. The van der Waals surface area contributed by atoms with E-state index < -0.39 is 36.1 Å². The third kappa shape index (κ3) is 6.39. The third-order valence-electron chi connectivity index (χ3n) is 6.47. The number of nitrogens with one attached hydrogen (secondary N) is 1. The molecule has 1 saturated heterocycles. The standard InChI is InChI=1S/C25H34BN3O6/c1-24(2)25(3,4)35-26(34-24)20(13-15-33-17-10-7-6-8-11-17)29-23(31)19(16-32-5)18-12-9-14-28-21(18)22(27)30/h6-12,14,19-20H,13,15-16H2,1-5H3,(H2,27,30)(H,29,31)/t19-,20-/m0/s1. The van der Waals surface area contributed by atoms with Gasteiger partial charge in [-0.3, -0.25) is 14.6 Å². The number of ether oxygens (including phenoxy) is 2. The first kappa shape index (κ1) is 26.7. The maximum atomic E-state index is 13.5. The number of para-hydroxylation sites is 1. The Hall–Kier alpha value is -2.95. The summed E-state index contributed by atoms with van der Waals surface area (Å²) in [5, 5.41) is 3.04. The van der Waals surface area contributed by atoms with Gasteiger partial charge < -0.3 is 29.8 Å². The lowest BCUT2D eigenvalue weighted by Gasteiger charge is -2.32. The van der Waals surface area contributed by atoms with E-state index in [1.54, 1.807) is 12.1 Å². The highest BCUT2D eigenvalue weighted by molar-refractivity contribution is 6.48. The highest BCUT2D eigenvalue weighted by Gasteiger charge is 2.54. The van der Waals surface area contributed by atoms with Gasteiger partial charge in [0.1, 0.15) is 11.4 Å². The number of carbonyl (C=O) groups excluding carboxylic acids is 2. The Labute approximate surface area is 206 Å². The third-order valence-corrected chi connectivity index (χ3v) is 6.47. The Balaban J connectivity index is 1.82. The van der Waals surface area contributed by atoms with Crippen LogP contribution in [0.2, 0.25) is 0 Å². The van der Waals surface area contributed by atoms with Crippen molar-refractivity contribution in [2.24, 2.45) is 5.73 Å². The number of methoxy groups -OCH3 is 1. The largest absolute Gasteiger partial charge is 0.494 e. The average Bonchev–Trinajstić information content (AvgIpc) is 3.04. The van der Waals surface area contributed by atoms with Gasteiger partial charge in [-0.05, 0) is 51.5 Å². The molecule has 2 heterocycles. The Bertz CT molecular complexity index is 1000. The van der Waals surface area contributed by atoms with Crippen molar-refractivity contribution in [2.75, 3.05) is 20.3 Å². The minimum absolute atomic E-state index is 0.0318. The van der Waals surface area contributed by atoms with E-state index in [9.17, 15) is 9.59 Å². The van der Waals surface area contributed by atoms with Gasteiger partial charge in [0.05, 0.1) is 36.3 Å². The first-order valence-corrected chi connectivity index (χ1v) is 11.6. The topological polar surface area (TPSA) is 122 Å². The molecule has 9 nitrogen and oxygen atoms in total. The number of pyridine rings is 1. The zero-order valence-electron chi connectivity index (χ0n) is 20.9. The Morgan fingerprint density at radius 3 is 2.34 bits per heavy atom. The average molecular weight is 483 g/mol. The Kier molecular flexibility index (Phi) is 8.53. The second kappa shape index (κ2) is 11.2. The molecule has 0 spiro atoms. The molecule has 0 bridgehead atoms. The molecule has 0 unspecified atom stereocenters. The number of hydrogen-bond acceptors (Lipinski definition) is 7. The van der Waals surface area contributed by atoms with Crippen LogP contribution in [0.5, 0.6) is 5.75 Å². The lowest BCUT2D eigenvalue weighted by molar-refractivity contribution is -0.124. The lowest BCUT2D eigenvalue weighted by Crippen LogP contribution is -2.50. The van der Waals surface area contributed by atoms with E-state index in [-0.39, 0.29) is 18.2 Å². The summed E-state index contributed by atoms with van der Waals surface area (Å²) in [7, 11) is 0.788. The van der Waals surface area contributed by atoms with E-state index in [1.165, 1.54) is 13.3 Å². The summed E-state index contributed by atoms with van der Waals surface area (Å²) in [4.78, 5) is 29.5. The molecular weight excluding hydrogens is 449 g/mol. The molecule has 0 saturated carbocycles. The molecule has 3 rings (SSSR count). The van der Waals surface area contributed by atoms with E-state index >= 15 is 0 Å². The van der Waals surface area contributed by atoms with Crippen molar-refractivity contribution in [3.8, 4) is 5.75 Å². The number of hydrogen-bond donors (Lipinski definition) is 2. The summed E-state index contributed by atoms with van der Waals surface area (Å²) >= 11 is 0. The van der Waals surface area contributed by atoms with Gasteiger partial charge in [0.15, 0.2) is 0 Å². The van der Waals surface area contributed by atoms with Gasteiger partial charge in [0, 0.05) is 19.7 Å². The zero-order chi connectivity index (χ0) is 25.6. The lowest BCUT2D eigenvalue weighted by atomic mass is 9.76. The highest BCUT2D eigenvalue weighted by Crippen LogP contribution is 2.38. The molecule has 1 aromatic heterocycles. The number of nitrogens with two attached hydrogens (primary N) is 1. The summed E-state index contributed by atoms with van der Waals surface area (Å²) in [6.07, 6.45) is 1.88. The van der Waals surface area contributed by atoms with Crippen LogP contribution in [-0.2, 0) is 18.8 Å². The predicted molar refractivity (Wildman–Crippen MR) is 132 cm³/mol. The van der Waals surface area contributed by atoms with Crippen LogP contribution in [0.3, 0.4) is 0 Å². The van der Waals surface area contributed by atoms with Crippen LogP contribution in [0.4, 0.5) is 0 Å². The van der Waals surface area contributed by atoms with Crippen molar-refractivity contribution in [3.05, 3.63) is 59.9 Å². The SMILES string of the molecule is COC[C@H](C(=O)N[C@@H](CCOc1ccccc1)B1OC(C)(C)C(C)(C)O1)c1cccnc1C(N)=O. The summed E-state index contributed by atoms with van der Waals surface area (Å²) in [5.41, 5.74) is 4.78.